The van der Waals surface area contributed by atoms with Gasteiger partial charge in [-0.25, -0.2) is 0 Å². The number of carboxylic acid groups (broad SMARTS) is 2. The van der Waals surface area contributed by atoms with E-state index in [1.54, 1.807) is 0 Å². The molecule has 4 nitrogen and oxygen atoms in total. The van der Waals surface area contributed by atoms with E-state index < -0.39 is 17.4 Å². The maximum absolute atomic E-state index is 10.9. The third-order valence-electron chi connectivity index (χ3n) is 2.75. The van der Waals surface area contributed by atoms with Crippen LogP contribution in [0, 0.1) is 11.3 Å². The van der Waals surface area contributed by atoms with E-state index in [1.165, 1.54) is 0 Å². The van der Waals surface area contributed by atoms with Gasteiger partial charge in [-0.1, -0.05) is 6.92 Å². The number of carboxylic acids is 2. The zero-order valence-corrected chi connectivity index (χ0v) is 7.62. The van der Waals surface area contributed by atoms with E-state index in [0.29, 0.717) is 18.8 Å². The third-order valence-corrected chi connectivity index (χ3v) is 2.75. The predicted molar refractivity (Wildman–Crippen MR) is 45.3 cm³/mol. The molecule has 13 heavy (non-hydrogen) atoms. The molecule has 1 rings (SSSR count). The molecule has 0 radical (unpaired) electrons. The van der Waals surface area contributed by atoms with Crippen LogP contribution in [0.3, 0.4) is 0 Å². The fourth-order valence-corrected chi connectivity index (χ4v) is 2.11. The molecule has 0 unspecified atom stereocenters. The van der Waals surface area contributed by atoms with Gasteiger partial charge in [-0.3, -0.25) is 9.59 Å². The number of aliphatic carboxylic acids is 2. The molecule has 4 heteroatoms. The van der Waals surface area contributed by atoms with Crippen LogP contribution >= 0.6 is 0 Å². The van der Waals surface area contributed by atoms with Crippen molar-refractivity contribution in [3.05, 3.63) is 0 Å². The monoisotopic (exact) mass is 186 g/mol. The Hall–Kier alpha value is -1.06. The van der Waals surface area contributed by atoms with Crippen molar-refractivity contribution in [2.75, 3.05) is 0 Å². The van der Waals surface area contributed by atoms with E-state index in [-0.39, 0.29) is 12.8 Å². The van der Waals surface area contributed by atoms with Gasteiger partial charge in [-0.15, -0.1) is 0 Å². The molecule has 0 saturated heterocycles. The van der Waals surface area contributed by atoms with Gasteiger partial charge in [0, 0.05) is 6.42 Å². The zero-order valence-electron chi connectivity index (χ0n) is 7.62. The highest BCUT2D eigenvalue weighted by atomic mass is 16.4. The molecule has 0 aromatic carbocycles. The van der Waals surface area contributed by atoms with Crippen molar-refractivity contribution in [1.29, 1.82) is 0 Å². The Labute approximate surface area is 76.6 Å². The van der Waals surface area contributed by atoms with E-state index in [0.717, 1.165) is 0 Å². The Balaban J connectivity index is 2.50. The summed E-state index contributed by atoms with van der Waals surface area (Å²) in [5, 5.41) is 17.4. The zero-order chi connectivity index (χ0) is 10.1. The Morgan fingerprint density at radius 3 is 2.23 bits per heavy atom. The van der Waals surface area contributed by atoms with E-state index in [9.17, 15) is 9.59 Å². The van der Waals surface area contributed by atoms with Gasteiger partial charge in [-0.05, 0) is 25.2 Å². The summed E-state index contributed by atoms with van der Waals surface area (Å²) in [6.07, 6.45) is 1.46. The molecule has 0 aliphatic heterocycles. The highest BCUT2D eigenvalue weighted by Gasteiger charge is 2.48. The second-order valence-electron chi connectivity index (χ2n) is 3.99. The molecule has 0 atom stereocenters. The first-order valence-corrected chi connectivity index (χ1v) is 4.41. The number of hydrogen-bond donors (Lipinski definition) is 2. The van der Waals surface area contributed by atoms with Crippen LogP contribution < -0.4 is 0 Å². The lowest BCUT2D eigenvalue weighted by atomic mass is 9.60. The summed E-state index contributed by atoms with van der Waals surface area (Å²) in [6.45, 7) is 1.99. The first-order valence-electron chi connectivity index (χ1n) is 4.41. The summed E-state index contributed by atoms with van der Waals surface area (Å²) < 4.78 is 0. The lowest BCUT2D eigenvalue weighted by Crippen LogP contribution is -2.43. The summed E-state index contributed by atoms with van der Waals surface area (Å²) in [5.74, 6) is -1.34. The first-order chi connectivity index (χ1) is 5.96. The lowest BCUT2D eigenvalue weighted by Gasteiger charge is -2.42. The van der Waals surface area contributed by atoms with Gasteiger partial charge in [0.15, 0.2) is 0 Å². The fraction of sp³-hybridized carbons (Fsp3) is 0.778. The second-order valence-corrected chi connectivity index (χ2v) is 3.99. The molecular formula is C9H14O4. The Morgan fingerprint density at radius 1 is 1.38 bits per heavy atom. The van der Waals surface area contributed by atoms with Crippen molar-refractivity contribution in [2.45, 2.75) is 32.6 Å². The molecule has 1 saturated carbocycles. The van der Waals surface area contributed by atoms with Crippen molar-refractivity contribution < 1.29 is 19.8 Å². The summed E-state index contributed by atoms with van der Waals surface area (Å²) in [7, 11) is 0. The molecule has 0 aromatic rings. The van der Waals surface area contributed by atoms with Gasteiger partial charge in [0.1, 0.15) is 0 Å². The summed E-state index contributed by atoms with van der Waals surface area (Å²) in [6, 6.07) is 0. The van der Waals surface area contributed by atoms with Crippen LogP contribution in [0.15, 0.2) is 0 Å². The Morgan fingerprint density at radius 2 is 1.92 bits per heavy atom. The van der Waals surface area contributed by atoms with Crippen molar-refractivity contribution in [2.24, 2.45) is 11.3 Å². The molecule has 0 spiro atoms. The van der Waals surface area contributed by atoms with E-state index in [4.69, 9.17) is 10.2 Å². The first kappa shape index (κ1) is 10.0. The average Bonchev–Trinajstić information content (AvgIpc) is 1.94. The van der Waals surface area contributed by atoms with Crippen LogP contribution in [0.1, 0.15) is 32.6 Å². The minimum atomic E-state index is -0.917. The van der Waals surface area contributed by atoms with Crippen molar-refractivity contribution in [3.63, 3.8) is 0 Å². The fourth-order valence-electron chi connectivity index (χ4n) is 2.11. The Bertz CT molecular complexity index is 228. The molecule has 0 aromatic heterocycles. The maximum Gasteiger partial charge on any atom is 0.309 e. The van der Waals surface area contributed by atoms with Gasteiger partial charge in [0.25, 0.3) is 0 Å². The van der Waals surface area contributed by atoms with Gasteiger partial charge in [0.2, 0.25) is 0 Å². The Kier molecular flexibility index (Phi) is 2.59. The van der Waals surface area contributed by atoms with Crippen molar-refractivity contribution >= 4 is 11.9 Å². The molecule has 0 amide bonds. The third kappa shape index (κ3) is 1.99. The molecule has 1 aliphatic rings. The van der Waals surface area contributed by atoms with Crippen molar-refractivity contribution in [3.8, 4) is 0 Å². The largest absolute Gasteiger partial charge is 0.481 e. The minimum Gasteiger partial charge on any atom is -0.481 e. The highest BCUT2D eigenvalue weighted by molar-refractivity contribution is 5.77. The molecule has 74 valence electrons. The topological polar surface area (TPSA) is 74.6 Å². The minimum absolute atomic E-state index is 0.0426. The highest BCUT2D eigenvalue weighted by Crippen LogP contribution is 2.48. The van der Waals surface area contributed by atoms with Gasteiger partial charge in [0.05, 0.1) is 5.41 Å². The molecule has 0 bridgehead atoms. The normalized spacial score (nSPS) is 32.2. The lowest BCUT2D eigenvalue weighted by molar-refractivity contribution is -0.159. The van der Waals surface area contributed by atoms with Gasteiger partial charge in [-0.2, -0.15) is 0 Å². The SMILES string of the molecule is CC1CC(CCC(=O)O)(C(=O)O)C1. The molecule has 1 aliphatic carbocycles. The smallest absolute Gasteiger partial charge is 0.309 e. The predicted octanol–water partition coefficient (Wildman–Crippen LogP) is 1.35. The van der Waals surface area contributed by atoms with Crippen LogP contribution in [0.5, 0.6) is 0 Å². The van der Waals surface area contributed by atoms with Gasteiger partial charge < -0.3 is 10.2 Å². The van der Waals surface area contributed by atoms with E-state index >= 15 is 0 Å². The summed E-state index contributed by atoms with van der Waals surface area (Å²) in [5.41, 5.74) is -0.738. The summed E-state index contributed by atoms with van der Waals surface area (Å²) in [4.78, 5) is 21.2. The standard InChI is InChI=1S/C9H14O4/c1-6-4-9(5-6,8(12)13)3-2-7(10)11/h6H,2-5H2,1H3,(H,10,11)(H,12,13). The van der Waals surface area contributed by atoms with Crippen LogP contribution in [-0.4, -0.2) is 22.2 Å². The average molecular weight is 186 g/mol. The molecular weight excluding hydrogens is 172 g/mol. The number of rotatable bonds is 4. The molecule has 1 fully saturated rings. The number of hydrogen-bond acceptors (Lipinski definition) is 2. The second kappa shape index (κ2) is 3.36. The quantitative estimate of drug-likeness (QED) is 0.695. The molecule has 2 N–H and O–H groups in total. The van der Waals surface area contributed by atoms with Gasteiger partial charge >= 0.3 is 11.9 Å². The van der Waals surface area contributed by atoms with Crippen LogP contribution in [0.25, 0.3) is 0 Å². The maximum atomic E-state index is 10.9. The van der Waals surface area contributed by atoms with Crippen LogP contribution in [-0.2, 0) is 9.59 Å². The van der Waals surface area contributed by atoms with Crippen LogP contribution in [0.2, 0.25) is 0 Å². The number of carbonyl (C=O) groups is 2. The molecule has 0 heterocycles. The van der Waals surface area contributed by atoms with E-state index in [1.807, 2.05) is 6.92 Å². The van der Waals surface area contributed by atoms with E-state index in [2.05, 4.69) is 0 Å². The van der Waals surface area contributed by atoms with Crippen molar-refractivity contribution in [1.82, 2.24) is 0 Å². The van der Waals surface area contributed by atoms with Crippen LogP contribution in [0.4, 0.5) is 0 Å². The summed E-state index contributed by atoms with van der Waals surface area (Å²) >= 11 is 0.